The van der Waals surface area contributed by atoms with Crippen LogP contribution < -0.4 is 31.9 Å². The molecule has 0 radical (unpaired) electrons. The van der Waals surface area contributed by atoms with Crippen molar-refractivity contribution in [2.24, 2.45) is 17.8 Å². The van der Waals surface area contributed by atoms with Gasteiger partial charge in [-0.15, -0.1) is 0 Å². The molecule has 4 heterocycles. The molecule has 1 amide bonds. The van der Waals surface area contributed by atoms with E-state index >= 15 is 0 Å². The number of likely N-dealkylation sites (tertiary alicyclic amines) is 1. The standard InChI is InChI=1S/C29H52FN7O/c1-18-4-6-22(33-28(38)27-14-19-12-21(30)5-7-24(19)34-27)15-26(18)36-29-32-9-8-25(35-29)20-13-23(17-31-16-20)37-10-2-3-11-37/h18-27,29,31-32,34-36H,2-17H2,1H3,(H,33,38). The molecule has 38 heavy (non-hydrogen) atoms. The van der Waals surface area contributed by atoms with E-state index in [1.165, 1.54) is 38.8 Å². The van der Waals surface area contributed by atoms with Crippen LogP contribution in [0, 0.1) is 17.8 Å². The number of rotatable bonds is 6. The second-order valence-electron chi connectivity index (χ2n) is 13.5. The number of halogens is 1. The van der Waals surface area contributed by atoms with Crippen molar-refractivity contribution in [3.05, 3.63) is 0 Å². The number of piperidine rings is 1. The maximum Gasteiger partial charge on any atom is 0.237 e. The Bertz CT molecular complexity index is 797. The molecule has 6 fully saturated rings. The summed E-state index contributed by atoms with van der Waals surface area (Å²) in [5, 5.41) is 22.1. The highest BCUT2D eigenvalue weighted by atomic mass is 19.1. The van der Waals surface area contributed by atoms with Gasteiger partial charge in [-0.05, 0) is 115 Å². The fourth-order valence-electron chi connectivity index (χ4n) is 8.56. The number of carbonyl (C=O) groups excluding carboxylic acids is 1. The van der Waals surface area contributed by atoms with Crippen molar-refractivity contribution >= 4 is 5.91 Å². The predicted octanol–water partition coefficient (Wildman–Crippen LogP) is 1.43. The number of hydrogen-bond acceptors (Lipinski definition) is 7. The van der Waals surface area contributed by atoms with E-state index in [-0.39, 0.29) is 24.3 Å². The second-order valence-corrected chi connectivity index (χ2v) is 13.5. The minimum atomic E-state index is -0.686. The number of carbonyl (C=O) groups is 1. The summed E-state index contributed by atoms with van der Waals surface area (Å²) in [6.45, 7) is 8.19. The zero-order valence-electron chi connectivity index (χ0n) is 23.4. The highest BCUT2D eigenvalue weighted by Crippen LogP contribution is 2.35. The lowest BCUT2D eigenvalue weighted by atomic mass is 9.82. The predicted molar refractivity (Wildman–Crippen MR) is 148 cm³/mol. The van der Waals surface area contributed by atoms with E-state index in [0.717, 1.165) is 51.7 Å². The summed E-state index contributed by atoms with van der Waals surface area (Å²) in [5.41, 5.74) is 0. The molecule has 6 rings (SSSR count). The lowest BCUT2D eigenvalue weighted by molar-refractivity contribution is -0.124. The Kier molecular flexibility index (Phi) is 8.89. The lowest BCUT2D eigenvalue weighted by Crippen LogP contribution is -2.67. The first-order valence-corrected chi connectivity index (χ1v) is 15.9. The molecule has 216 valence electrons. The summed E-state index contributed by atoms with van der Waals surface area (Å²) in [4.78, 5) is 15.8. The third kappa shape index (κ3) is 6.39. The molecule has 11 atom stereocenters. The van der Waals surface area contributed by atoms with Gasteiger partial charge in [-0.2, -0.15) is 0 Å². The average molecular weight is 534 g/mol. The maximum absolute atomic E-state index is 13.9. The van der Waals surface area contributed by atoms with Gasteiger partial charge in [0.1, 0.15) is 12.5 Å². The third-order valence-corrected chi connectivity index (χ3v) is 10.9. The second kappa shape index (κ2) is 12.4. The van der Waals surface area contributed by atoms with Crippen molar-refractivity contribution in [3.8, 4) is 0 Å². The van der Waals surface area contributed by atoms with Crippen LogP contribution in [0.2, 0.25) is 0 Å². The molecule has 0 aromatic carbocycles. The highest BCUT2D eigenvalue weighted by molar-refractivity contribution is 5.82. The van der Waals surface area contributed by atoms with Gasteiger partial charge < -0.3 is 16.0 Å². The van der Waals surface area contributed by atoms with Crippen LogP contribution in [0.5, 0.6) is 0 Å². The van der Waals surface area contributed by atoms with Crippen molar-refractivity contribution in [2.45, 2.75) is 126 Å². The molecule has 4 aliphatic heterocycles. The van der Waals surface area contributed by atoms with Crippen molar-refractivity contribution in [1.29, 1.82) is 0 Å². The van der Waals surface area contributed by atoms with Gasteiger partial charge in [-0.3, -0.25) is 25.6 Å². The highest BCUT2D eigenvalue weighted by Gasteiger charge is 2.42. The van der Waals surface area contributed by atoms with Crippen LogP contribution in [0.4, 0.5) is 4.39 Å². The van der Waals surface area contributed by atoms with Crippen LogP contribution in [0.3, 0.4) is 0 Å². The van der Waals surface area contributed by atoms with Crippen LogP contribution in [0.1, 0.15) is 77.6 Å². The van der Waals surface area contributed by atoms with E-state index < -0.39 is 6.17 Å². The summed E-state index contributed by atoms with van der Waals surface area (Å²) >= 11 is 0. The molecule has 0 bridgehead atoms. The van der Waals surface area contributed by atoms with Gasteiger partial charge in [-0.25, -0.2) is 4.39 Å². The van der Waals surface area contributed by atoms with Crippen LogP contribution in [-0.2, 0) is 4.79 Å². The van der Waals surface area contributed by atoms with Crippen LogP contribution in [-0.4, -0.2) is 92.2 Å². The van der Waals surface area contributed by atoms with Crippen LogP contribution in [0.15, 0.2) is 0 Å². The number of nitrogens with one attached hydrogen (secondary N) is 6. The van der Waals surface area contributed by atoms with Crippen molar-refractivity contribution in [3.63, 3.8) is 0 Å². The number of fused-ring (bicyclic) bond motifs is 1. The summed E-state index contributed by atoms with van der Waals surface area (Å²) < 4.78 is 13.9. The number of amides is 1. The summed E-state index contributed by atoms with van der Waals surface area (Å²) in [6, 6.07) is 1.96. The molecular weight excluding hydrogens is 481 g/mol. The summed E-state index contributed by atoms with van der Waals surface area (Å²) in [6.07, 6.45) is 10.7. The van der Waals surface area contributed by atoms with E-state index in [4.69, 9.17) is 0 Å². The number of alkyl halides is 1. The minimum absolute atomic E-state index is 0.121. The Morgan fingerprint density at radius 3 is 2.61 bits per heavy atom. The molecule has 9 heteroatoms. The van der Waals surface area contributed by atoms with Gasteiger partial charge in [0.2, 0.25) is 5.91 Å². The van der Waals surface area contributed by atoms with E-state index in [0.29, 0.717) is 54.8 Å². The van der Waals surface area contributed by atoms with Crippen LogP contribution >= 0.6 is 0 Å². The van der Waals surface area contributed by atoms with Gasteiger partial charge >= 0.3 is 0 Å². The first kappa shape index (κ1) is 27.3. The first-order valence-electron chi connectivity index (χ1n) is 15.9. The lowest BCUT2D eigenvalue weighted by Gasteiger charge is -2.44. The molecule has 0 spiro atoms. The van der Waals surface area contributed by atoms with Crippen molar-refractivity contribution in [1.82, 2.24) is 36.8 Å². The molecular formula is C29H52FN7O. The monoisotopic (exact) mass is 533 g/mol. The van der Waals surface area contributed by atoms with Crippen molar-refractivity contribution < 1.29 is 9.18 Å². The van der Waals surface area contributed by atoms with Gasteiger partial charge in [-0.1, -0.05) is 6.92 Å². The van der Waals surface area contributed by atoms with E-state index in [1.807, 2.05) is 0 Å². The molecule has 2 aliphatic carbocycles. The van der Waals surface area contributed by atoms with Crippen LogP contribution in [0.25, 0.3) is 0 Å². The fraction of sp³-hybridized carbons (Fsp3) is 0.966. The fourth-order valence-corrected chi connectivity index (χ4v) is 8.56. The average Bonchev–Trinajstić information content (AvgIpc) is 3.61. The molecule has 6 N–H and O–H groups in total. The zero-order chi connectivity index (χ0) is 26.1. The van der Waals surface area contributed by atoms with Crippen molar-refractivity contribution in [2.75, 3.05) is 32.7 Å². The Balaban J connectivity index is 0.981. The maximum atomic E-state index is 13.9. The molecule has 8 nitrogen and oxygen atoms in total. The van der Waals surface area contributed by atoms with Gasteiger partial charge in [0, 0.05) is 36.8 Å². The third-order valence-electron chi connectivity index (χ3n) is 10.9. The Labute approximate surface area is 228 Å². The SMILES string of the molecule is CC1CCC(NC(=O)C2CC3CC(F)CCC3N2)CC1NC1NCCC(C2CNCC(N3CCCC3)C2)N1. The van der Waals surface area contributed by atoms with E-state index in [1.54, 1.807) is 0 Å². The number of nitrogens with zero attached hydrogens (tertiary/aromatic N) is 1. The molecule has 2 saturated carbocycles. The van der Waals surface area contributed by atoms with Gasteiger partial charge in [0.25, 0.3) is 0 Å². The Hall–Kier alpha value is -0.840. The molecule has 4 saturated heterocycles. The molecule has 0 aromatic rings. The van der Waals surface area contributed by atoms with Gasteiger partial charge in [0.05, 0.1) is 6.04 Å². The van der Waals surface area contributed by atoms with E-state index in [2.05, 4.69) is 43.7 Å². The van der Waals surface area contributed by atoms with E-state index in [9.17, 15) is 9.18 Å². The Morgan fingerprint density at radius 2 is 1.74 bits per heavy atom. The zero-order valence-corrected chi connectivity index (χ0v) is 23.4. The van der Waals surface area contributed by atoms with Gasteiger partial charge in [0.15, 0.2) is 0 Å². The summed E-state index contributed by atoms with van der Waals surface area (Å²) in [5.74, 6) is 1.69. The first-order chi connectivity index (χ1) is 18.5. The smallest absolute Gasteiger partial charge is 0.237 e. The molecule has 6 aliphatic rings. The normalized spacial score (nSPS) is 46.5. The minimum Gasteiger partial charge on any atom is -0.352 e. The molecule has 11 unspecified atom stereocenters. The Morgan fingerprint density at radius 1 is 0.895 bits per heavy atom. The largest absolute Gasteiger partial charge is 0.352 e. The molecule has 0 aromatic heterocycles. The topological polar surface area (TPSA) is 92.5 Å². The quantitative estimate of drug-likeness (QED) is 0.308. The summed E-state index contributed by atoms with van der Waals surface area (Å²) in [7, 11) is 0. The number of hydrogen-bond donors (Lipinski definition) is 6.